The first kappa shape index (κ1) is 17.5. The van der Waals surface area contributed by atoms with Gasteiger partial charge >= 0.3 is 8.80 Å². The molecule has 0 heterocycles. The van der Waals surface area contributed by atoms with Crippen LogP contribution in [0.15, 0.2) is 0 Å². The Hall–Kier alpha value is 0.0569. The normalized spacial score (nSPS) is 10.8. The van der Waals surface area contributed by atoms with Gasteiger partial charge in [0.25, 0.3) is 0 Å². The van der Waals surface area contributed by atoms with Crippen LogP contribution < -0.4 is 0 Å². The molecule has 0 aromatic rings. The van der Waals surface area contributed by atoms with Gasteiger partial charge in [-0.3, -0.25) is 0 Å². The van der Waals surface area contributed by atoms with E-state index in [-0.39, 0.29) is 6.61 Å². The first-order chi connectivity index (χ1) is 7.16. The van der Waals surface area contributed by atoms with Crippen molar-refractivity contribution < 1.29 is 18.4 Å². The van der Waals surface area contributed by atoms with Crippen molar-refractivity contribution in [3.63, 3.8) is 0 Å². The Bertz CT molecular complexity index is 105. The molecule has 0 aliphatic rings. The molecule has 1 N–H and O–H groups in total. The summed E-state index contributed by atoms with van der Waals surface area (Å²) in [5.41, 5.74) is 0. The van der Waals surface area contributed by atoms with Crippen molar-refractivity contribution in [2.75, 3.05) is 26.4 Å². The average molecular weight is 238 g/mol. The molecule has 0 saturated carbocycles. The summed E-state index contributed by atoms with van der Waals surface area (Å²) < 4.78 is 16.7. The highest BCUT2D eigenvalue weighted by molar-refractivity contribution is 6.60. The fourth-order valence-electron chi connectivity index (χ4n) is 1.09. The van der Waals surface area contributed by atoms with Crippen molar-refractivity contribution in [3.8, 4) is 0 Å². The Morgan fingerprint density at radius 3 is 1.20 bits per heavy atom. The van der Waals surface area contributed by atoms with Gasteiger partial charge in [0.1, 0.15) is 0 Å². The van der Waals surface area contributed by atoms with Gasteiger partial charge in [0.15, 0.2) is 0 Å². The maximum Gasteiger partial charge on any atom is 0.500 e. The van der Waals surface area contributed by atoms with Crippen LogP contribution in [0.4, 0.5) is 0 Å². The zero-order valence-electron chi connectivity index (χ0n) is 10.7. The maximum atomic E-state index is 7.57. The standard InChI is InChI=1S/C8H20O3Si.C2H6O/c1-5-9-12(8-4,10-6-2)11-7-3;1-2-3/h5-8H2,1-4H3;3H,2H2,1H3. The Labute approximate surface area is 94.9 Å². The van der Waals surface area contributed by atoms with Crippen molar-refractivity contribution >= 4 is 8.80 Å². The van der Waals surface area contributed by atoms with E-state index in [1.54, 1.807) is 6.92 Å². The molecule has 0 rings (SSSR count). The molecule has 0 spiro atoms. The third-order valence-corrected chi connectivity index (χ3v) is 4.58. The lowest BCUT2D eigenvalue weighted by Crippen LogP contribution is -2.45. The lowest BCUT2D eigenvalue weighted by molar-refractivity contribution is 0.0725. The summed E-state index contributed by atoms with van der Waals surface area (Å²) in [6.07, 6.45) is 0. The second kappa shape index (κ2) is 12.1. The van der Waals surface area contributed by atoms with Gasteiger partial charge < -0.3 is 18.4 Å². The van der Waals surface area contributed by atoms with Gasteiger partial charge in [0.05, 0.1) is 0 Å². The highest BCUT2D eigenvalue weighted by Gasteiger charge is 2.37. The number of aliphatic hydroxyl groups is 1. The lowest BCUT2D eigenvalue weighted by Gasteiger charge is -2.26. The average Bonchev–Trinajstić information content (AvgIpc) is 2.20. The summed E-state index contributed by atoms with van der Waals surface area (Å²) >= 11 is 0. The molecule has 0 atom stereocenters. The molecular weight excluding hydrogens is 212 g/mol. The molecular formula is C10H26O4Si. The quantitative estimate of drug-likeness (QED) is 0.690. The molecule has 0 fully saturated rings. The zero-order valence-corrected chi connectivity index (χ0v) is 11.7. The van der Waals surface area contributed by atoms with Gasteiger partial charge in [-0.15, -0.1) is 0 Å². The molecule has 0 aromatic carbocycles. The van der Waals surface area contributed by atoms with E-state index in [1.165, 1.54) is 0 Å². The van der Waals surface area contributed by atoms with Crippen LogP contribution in [0.5, 0.6) is 0 Å². The fourth-order valence-corrected chi connectivity index (χ4v) is 3.27. The first-order valence-electron chi connectivity index (χ1n) is 5.68. The van der Waals surface area contributed by atoms with E-state index in [0.717, 1.165) is 6.04 Å². The third-order valence-electron chi connectivity index (χ3n) is 1.53. The van der Waals surface area contributed by atoms with E-state index in [4.69, 9.17) is 18.4 Å². The molecule has 4 nitrogen and oxygen atoms in total. The molecule has 0 aliphatic carbocycles. The van der Waals surface area contributed by atoms with Crippen LogP contribution in [0.25, 0.3) is 0 Å². The topological polar surface area (TPSA) is 47.9 Å². The van der Waals surface area contributed by atoms with Crippen molar-refractivity contribution in [1.29, 1.82) is 0 Å². The summed E-state index contributed by atoms with van der Waals surface area (Å²) in [6.45, 7) is 11.9. The molecule has 0 aliphatic heterocycles. The predicted octanol–water partition coefficient (Wildman–Crippen LogP) is 2.05. The molecule has 0 amide bonds. The van der Waals surface area contributed by atoms with E-state index < -0.39 is 8.80 Å². The minimum Gasteiger partial charge on any atom is -0.397 e. The van der Waals surface area contributed by atoms with Crippen LogP contribution >= 0.6 is 0 Å². The number of aliphatic hydroxyl groups excluding tert-OH is 1. The van der Waals surface area contributed by atoms with Gasteiger partial charge in [0, 0.05) is 32.5 Å². The summed E-state index contributed by atoms with van der Waals surface area (Å²) in [6, 6.07) is 0.850. The van der Waals surface area contributed by atoms with E-state index in [2.05, 4.69) is 0 Å². The monoisotopic (exact) mass is 238 g/mol. The zero-order chi connectivity index (χ0) is 12.2. The Morgan fingerprint density at radius 2 is 1.07 bits per heavy atom. The van der Waals surface area contributed by atoms with Crippen LogP contribution in [-0.2, 0) is 13.3 Å². The third kappa shape index (κ3) is 9.01. The predicted molar refractivity (Wildman–Crippen MR) is 63.9 cm³/mol. The molecule has 15 heavy (non-hydrogen) atoms. The number of hydrogen-bond donors (Lipinski definition) is 1. The minimum atomic E-state index is -2.27. The van der Waals surface area contributed by atoms with Crippen LogP contribution in [0.2, 0.25) is 6.04 Å². The molecule has 0 aromatic heterocycles. The summed E-state index contributed by atoms with van der Waals surface area (Å²) in [7, 11) is -2.27. The maximum absolute atomic E-state index is 7.57. The molecule has 0 radical (unpaired) electrons. The van der Waals surface area contributed by atoms with Gasteiger partial charge in [-0.05, 0) is 27.7 Å². The highest BCUT2D eigenvalue weighted by atomic mass is 28.4. The second-order valence-electron chi connectivity index (χ2n) is 2.65. The highest BCUT2D eigenvalue weighted by Crippen LogP contribution is 2.14. The summed E-state index contributed by atoms with van der Waals surface area (Å²) in [4.78, 5) is 0. The van der Waals surface area contributed by atoms with E-state index in [0.29, 0.717) is 19.8 Å². The van der Waals surface area contributed by atoms with Crippen molar-refractivity contribution in [2.45, 2.75) is 40.7 Å². The Balaban J connectivity index is 0. The van der Waals surface area contributed by atoms with Crippen molar-refractivity contribution in [1.82, 2.24) is 0 Å². The van der Waals surface area contributed by atoms with Gasteiger partial charge in [-0.25, -0.2) is 0 Å². The van der Waals surface area contributed by atoms with Gasteiger partial charge in [0.2, 0.25) is 0 Å². The summed E-state index contributed by atoms with van der Waals surface area (Å²) in [5, 5.41) is 7.57. The van der Waals surface area contributed by atoms with Crippen LogP contribution in [0.1, 0.15) is 34.6 Å². The van der Waals surface area contributed by atoms with Crippen LogP contribution in [0.3, 0.4) is 0 Å². The van der Waals surface area contributed by atoms with E-state index >= 15 is 0 Å². The minimum absolute atomic E-state index is 0.250. The molecule has 5 heteroatoms. The van der Waals surface area contributed by atoms with Crippen molar-refractivity contribution in [2.24, 2.45) is 0 Å². The van der Waals surface area contributed by atoms with Crippen LogP contribution in [-0.4, -0.2) is 40.3 Å². The smallest absolute Gasteiger partial charge is 0.397 e. The van der Waals surface area contributed by atoms with Gasteiger partial charge in [-0.2, -0.15) is 0 Å². The Kier molecular flexibility index (Phi) is 14.1. The van der Waals surface area contributed by atoms with E-state index in [1.807, 2.05) is 27.7 Å². The molecule has 0 saturated heterocycles. The van der Waals surface area contributed by atoms with Crippen molar-refractivity contribution in [3.05, 3.63) is 0 Å². The largest absolute Gasteiger partial charge is 0.500 e. The Morgan fingerprint density at radius 1 is 0.800 bits per heavy atom. The molecule has 0 unspecified atom stereocenters. The molecule has 0 bridgehead atoms. The molecule has 94 valence electrons. The number of rotatable bonds is 7. The second-order valence-corrected chi connectivity index (χ2v) is 5.59. The van der Waals surface area contributed by atoms with Crippen LogP contribution in [0, 0.1) is 0 Å². The van der Waals surface area contributed by atoms with E-state index in [9.17, 15) is 0 Å². The SMILES string of the molecule is CCO.CCO[Si](CC)(OCC)OCC. The van der Waals surface area contributed by atoms with Gasteiger partial charge in [-0.1, -0.05) is 6.92 Å². The lowest BCUT2D eigenvalue weighted by atomic mass is 10.9. The fraction of sp³-hybridized carbons (Fsp3) is 1.00. The summed E-state index contributed by atoms with van der Waals surface area (Å²) in [5.74, 6) is 0. The first-order valence-corrected chi connectivity index (χ1v) is 7.62. The number of hydrogen-bond acceptors (Lipinski definition) is 4.